The Balaban J connectivity index is 2.47. The van der Waals surface area contributed by atoms with E-state index in [1.165, 1.54) is 0 Å². The van der Waals surface area contributed by atoms with E-state index in [2.05, 4.69) is 29.8 Å². The summed E-state index contributed by atoms with van der Waals surface area (Å²) in [4.78, 5) is 23.0. The smallest absolute Gasteiger partial charge is 0.321 e. The van der Waals surface area contributed by atoms with E-state index in [9.17, 15) is 9.59 Å². The fourth-order valence-electron chi connectivity index (χ4n) is 1.79. The summed E-state index contributed by atoms with van der Waals surface area (Å²) in [6.07, 6.45) is 0.835. The first kappa shape index (κ1) is 16.0. The van der Waals surface area contributed by atoms with Gasteiger partial charge in [-0.1, -0.05) is 39.0 Å². The Morgan fingerprint density at radius 3 is 2.55 bits per heavy atom. The number of urea groups is 1. The molecule has 0 heterocycles. The largest absolute Gasteiger partial charge is 0.376 e. The molecule has 110 valence electrons. The zero-order valence-electron chi connectivity index (χ0n) is 12.3. The molecular weight excluding hydrogens is 254 g/mol. The van der Waals surface area contributed by atoms with Crippen molar-refractivity contribution in [1.29, 1.82) is 0 Å². The number of rotatable bonds is 6. The van der Waals surface area contributed by atoms with Crippen molar-refractivity contribution in [1.82, 2.24) is 10.6 Å². The Kier molecular flexibility index (Phi) is 6.56. The van der Waals surface area contributed by atoms with Gasteiger partial charge in [-0.2, -0.15) is 0 Å². The lowest BCUT2D eigenvalue weighted by atomic mass is 10.0. The van der Waals surface area contributed by atoms with Gasteiger partial charge in [0.1, 0.15) is 0 Å². The van der Waals surface area contributed by atoms with Crippen LogP contribution in [0, 0.1) is 0 Å². The van der Waals surface area contributed by atoms with Crippen LogP contribution in [0.1, 0.15) is 38.7 Å². The number of hydrogen-bond donors (Lipinski definition) is 3. The molecule has 0 saturated heterocycles. The Bertz CT molecular complexity index is 458. The van der Waals surface area contributed by atoms with E-state index in [4.69, 9.17) is 0 Å². The van der Waals surface area contributed by atoms with Gasteiger partial charge in [-0.25, -0.2) is 4.79 Å². The minimum atomic E-state index is -0.448. The molecule has 20 heavy (non-hydrogen) atoms. The lowest BCUT2D eigenvalue weighted by Crippen LogP contribution is -2.42. The van der Waals surface area contributed by atoms with Crippen LogP contribution in [0.25, 0.3) is 0 Å². The van der Waals surface area contributed by atoms with Crippen molar-refractivity contribution in [2.24, 2.45) is 0 Å². The topological polar surface area (TPSA) is 70.2 Å². The maximum atomic E-state index is 11.6. The molecular formula is C15H23N3O2. The van der Waals surface area contributed by atoms with Crippen molar-refractivity contribution >= 4 is 17.6 Å². The van der Waals surface area contributed by atoms with Crippen LogP contribution in [-0.4, -0.2) is 25.0 Å². The number of imide groups is 1. The molecule has 0 fully saturated rings. The van der Waals surface area contributed by atoms with Crippen molar-refractivity contribution < 1.29 is 9.59 Å². The Hall–Kier alpha value is -2.04. The van der Waals surface area contributed by atoms with Crippen LogP contribution in [0.15, 0.2) is 24.3 Å². The number of nitrogens with one attached hydrogen (secondary N) is 3. The third kappa shape index (κ3) is 5.30. The molecule has 5 nitrogen and oxygen atoms in total. The fraction of sp³-hybridized carbons (Fsp3) is 0.467. The monoisotopic (exact) mass is 277 g/mol. The third-order valence-corrected chi connectivity index (χ3v) is 2.81. The minimum Gasteiger partial charge on any atom is -0.376 e. The summed E-state index contributed by atoms with van der Waals surface area (Å²) >= 11 is 0. The molecule has 0 atom stereocenters. The van der Waals surface area contributed by atoms with E-state index in [1.807, 2.05) is 31.2 Å². The summed E-state index contributed by atoms with van der Waals surface area (Å²) in [5.74, 6) is 0.0202. The maximum Gasteiger partial charge on any atom is 0.321 e. The quantitative estimate of drug-likeness (QED) is 0.748. The molecule has 0 aromatic heterocycles. The highest BCUT2D eigenvalue weighted by Gasteiger charge is 2.09. The molecule has 3 N–H and O–H groups in total. The fourth-order valence-corrected chi connectivity index (χ4v) is 1.79. The van der Waals surface area contributed by atoms with Crippen LogP contribution >= 0.6 is 0 Å². The van der Waals surface area contributed by atoms with Crippen LogP contribution in [0.5, 0.6) is 0 Å². The Morgan fingerprint density at radius 1 is 1.20 bits per heavy atom. The number of amides is 3. The molecule has 0 saturated carbocycles. The third-order valence-electron chi connectivity index (χ3n) is 2.81. The second-order valence-corrected chi connectivity index (χ2v) is 4.90. The first-order valence-electron chi connectivity index (χ1n) is 6.95. The van der Waals surface area contributed by atoms with Gasteiger partial charge in [0.15, 0.2) is 0 Å². The highest BCUT2D eigenvalue weighted by Crippen LogP contribution is 2.23. The Labute approximate surface area is 120 Å². The molecule has 0 aliphatic heterocycles. The van der Waals surface area contributed by atoms with E-state index in [-0.39, 0.29) is 12.5 Å². The number of hydrogen-bond acceptors (Lipinski definition) is 3. The maximum absolute atomic E-state index is 11.6. The van der Waals surface area contributed by atoms with Gasteiger partial charge in [0.2, 0.25) is 5.91 Å². The van der Waals surface area contributed by atoms with E-state index in [0.717, 1.165) is 17.7 Å². The van der Waals surface area contributed by atoms with E-state index in [1.54, 1.807) is 0 Å². The lowest BCUT2D eigenvalue weighted by molar-refractivity contribution is -0.118. The zero-order valence-corrected chi connectivity index (χ0v) is 12.3. The van der Waals surface area contributed by atoms with Gasteiger partial charge in [0.25, 0.3) is 0 Å². The molecule has 5 heteroatoms. The molecule has 0 aliphatic rings. The van der Waals surface area contributed by atoms with Crippen molar-refractivity contribution in [3.05, 3.63) is 29.8 Å². The highest BCUT2D eigenvalue weighted by molar-refractivity contribution is 5.96. The van der Waals surface area contributed by atoms with E-state index < -0.39 is 6.03 Å². The first-order valence-corrected chi connectivity index (χ1v) is 6.95. The van der Waals surface area contributed by atoms with Crippen LogP contribution in [0.4, 0.5) is 10.5 Å². The van der Waals surface area contributed by atoms with Crippen molar-refractivity contribution in [3.8, 4) is 0 Å². The van der Waals surface area contributed by atoms with Gasteiger partial charge in [0.05, 0.1) is 6.54 Å². The van der Waals surface area contributed by atoms with Gasteiger partial charge in [0, 0.05) is 12.2 Å². The van der Waals surface area contributed by atoms with Gasteiger partial charge in [-0.3, -0.25) is 10.1 Å². The van der Waals surface area contributed by atoms with Crippen LogP contribution < -0.4 is 16.0 Å². The van der Waals surface area contributed by atoms with E-state index >= 15 is 0 Å². The summed E-state index contributed by atoms with van der Waals surface area (Å²) in [6, 6.07) is 7.40. The highest BCUT2D eigenvalue weighted by atomic mass is 16.2. The van der Waals surface area contributed by atoms with Crippen molar-refractivity contribution in [2.45, 2.75) is 33.1 Å². The normalized spacial score (nSPS) is 10.2. The van der Waals surface area contributed by atoms with Crippen molar-refractivity contribution in [3.63, 3.8) is 0 Å². The summed E-state index contributed by atoms with van der Waals surface area (Å²) in [5.41, 5.74) is 2.07. The molecule has 3 amide bonds. The number of carbonyl (C=O) groups excluding carboxylic acids is 2. The molecule has 1 rings (SSSR count). The predicted molar refractivity (Wildman–Crippen MR) is 80.9 cm³/mol. The number of anilines is 1. The van der Waals surface area contributed by atoms with Crippen LogP contribution in [0.3, 0.4) is 0 Å². The second kappa shape index (κ2) is 8.19. The van der Waals surface area contributed by atoms with Crippen molar-refractivity contribution in [2.75, 3.05) is 18.4 Å². The summed E-state index contributed by atoms with van der Waals surface area (Å²) < 4.78 is 0. The van der Waals surface area contributed by atoms with Gasteiger partial charge < -0.3 is 10.6 Å². The van der Waals surface area contributed by atoms with Gasteiger partial charge in [-0.15, -0.1) is 0 Å². The van der Waals surface area contributed by atoms with Crippen LogP contribution in [0.2, 0.25) is 0 Å². The Morgan fingerprint density at radius 2 is 1.90 bits per heavy atom. The van der Waals surface area contributed by atoms with Gasteiger partial charge >= 0.3 is 6.03 Å². The standard InChI is InChI=1S/C15H23N3O2/c1-4-9-16-15(20)18-14(19)10-17-13-8-6-5-7-12(13)11(2)3/h5-8,11,17H,4,9-10H2,1-3H3,(H2,16,18,19,20). The molecule has 0 aliphatic carbocycles. The summed E-state index contributed by atoms with van der Waals surface area (Å²) in [7, 11) is 0. The summed E-state index contributed by atoms with van der Waals surface area (Å²) in [5, 5.41) is 7.94. The molecule has 1 aromatic rings. The molecule has 0 bridgehead atoms. The zero-order chi connectivity index (χ0) is 15.0. The minimum absolute atomic E-state index is 0.0727. The first-order chi connectivity index (χ1) is 9.54. The second-order valence-electron chi connectivity index (χ2n) is 4.90. The molecule has 0 unspecified atom stereocenters. The molecule has 1 aromatic carbocycles. The van der Waals surface area contributed by atoms with Crippen LogP contribution in [-0.2, 0) is 4.79 Å². The predicted octanol–water partition coefficient (Wildman–Crippen LogP) is 2.46. The lowest BCUT2D eigenvalue weighted by Gasteiger charge is -2.14. The average Bonchev–Trinajstić information content (AvgIpc) is 2.43. The average molecular weight is 277 g/mol. The summed E-state index contributed by atoms with van der Waals surface area (Å²) in [6.45, 7) is 6.77. The number of para-hydroxylation sites is 1. The van der Waals surface area contributed by atoms with E-state index in [0.29, 0.717) is 12.5 Å². The number of carbonyl (C=O) groups is 2. The number of benzene rings is 1. The molecule has 0 spiro atoms. The SMILES string of the molecule is CCCNC(=O)NC(=O)CNc1ccccc1C(C)C. The van der Waals surface area contributed by atoms with Gasteiger partial charge in [-0.05, 0) is 24.0 Å². The molecule has 0 radical (unpaired) electrons.